The Morgan fingerprint density at radius 2 is 0.812 bits per heavy atom. The van der Waals surface area contributed by atoms with Crippen LogP contribution in [0.1, 0.15) is 41.4 Å². The minimum Gasteiger partial charge on any atom is -0.457 e. The highest BCUT2D eigenvalue weighted by Gasteiger charge is 2.40. The largest absolute Gasteiger partial charge is 0.457 e. The molecule has 0 saturated heterocycles. The lowest BCUT2D eigenvalue weighted by molar-refractivity contribution is -0.385. The molecule has 0 unspecified atom stereocenters. The van der Waals surface area contributed by atoms with E-state index in [1.165, 1.54) is 109 Å². The van der Waals surface area contributed by atoms with E-state index in [1.807, 2.05) is 0 Å². The Balaban J connectivity index is 1.13. The van der Waals surface area contributed by atoms with Crippen LogP contribution in [0.3, 0.4) is 0 Å². The molecule has 0 saturated carbocycles. The fourth-order valence-electron chi connectivity index (χ4n) is 5.40. The third-order valence-electron chi connectivity index (χ3n) is 7.59. The van der Waals surface area contributed by atoms with E-state index in [0.29, 0.717) is 0 Å². The summed E-state index contributed by atoms with van der Waals surface area (Å²) in [5.74, 6) is -1.97. The van der Waals surface area contributed by atoms with Crippen molar-refractivity contribution in [1.29, 1.82) is 0 Å². The lowest BCUT2D eigenvalue weighted by Crippen LogP contribution is -2.31. The van der Waals surface area contributed by atoms with Gasteiger partial charge < -0.3 is 9.47 Å². The number of imide groups is 2. The molecule has 2 aliphatic heterocycles. The molecule has 0 radical (unpaired) electrons. The van der Waals surface area contributed by atoms with Crippen molar-refractivity contribution < 1.29 is 38.5 Å². The van der Waals surface area contributed by atoms with Gasteiger partial charge in [-0.2, -0.15) is 0 Å². The van der Waals surface area contributed by atoms with Crippen LogP contribution in [0.25, 0.3) is 0 Å². The highest BCUT2D eigenvalue weighted by Crippen LogP contribution is 2.37. The maximum atomic E-state index is 13.5. The molecule has 0 aliphatic carbocycles. The van der Waals surface area contributed by atoms with E-state index >= 15 is 0 Å². The molecule has 234 valence electrons. The van der Waals surface area contributed by atoms with Crippen LogP contribution in [-0.4, -0.2) is 33.5 Å². The molecule has 48 heavy (non-hydrogen) atoms. The maximum absolute atomic E-state index is 13.5. The molecule has 4 amide bonds. The van der Waals surface area contributed by atoms with E-state index in [4.69, 9.17) is 9.47 Å². The first-order valence-corrected chi connectivity index (χ1v) is 14.1. The van der Waals surface area contributed by atoms with Gasteiger partial charge in [0, 0.05) is 12.1 Å². The summed E-state index contributed by atoms with van der Waals surface area (Å²) in [7, 11) is 0. The zero-order valence-corrected chi connectivity index (χ0v) is 24.3. The average molecular weight is 643 g/mol. The molecule has 0 bridgehead atoms. The highest BCUT2D eigenvalue weighted by atomic mass is 16.6. The maximum Gasteiger partial charge on any atom is 0.273 e. The van der Waals surface area contributed by atoms with Crippen molar-refractivity contribution >= 4 is 46.4 Å². The first-order chi connectivity index (χ1) is 23.1. The van der Waals surface area contributed by atoms with Gasteiger partial charge in [-0.3, -0.25) is 39.4 Å². The molecular weight excluding hydrogens is 624 g/mol. The van der Waals surface area contributed by atoms with Gasteiger partial charge in [0.1, 0.15) is 23.0 Å². The first-order valence-electron chi connectivity index (χ1n) is 14.1. The first kappa shape index (κ1) is 29.5. The number of nitro groups is 2. The molecule has 0 spiro atoms. The zero-order valence-electron chi connectivity index (χ0n) is 24.3. The number of nitro benzene ring substituents is 2. The zero-order chi connectivity index (χ0) is 33.7. The topological polar surface area (TPSA) is 179 Å². The van der Waals surface area contributed by atoms with Crippen molar-refractivity contribution in [2.24, 2.45) is 0 Å². The average Bonchev–Trinajstić information content (AvgIpc) is 3.48. The molecular formula is C34H18N4O10. The van der Waals surface area contributed by atoms with Crippen LogP contribution in [0.5, 0.6) is 23.0 Å². The van der Waals surface area contributed by atoms with Crippen LogP contribution >= 0.6 is 0 Å². The van der Waals surface area contributed by atoms with E-state index in [0.717, 1.165) is 9.80 Å². The molecule has 5 aromatic carbocycles. The third-order valence-corrected chi connectivity index (χ3v) is 7.59. The van der Waals surface area contributed by atoms with Gasteiger partial charge >= 0.3 is 0 Å². The van der Waals surface area contributed by atoms with Gasteiger partial charge in [-0.25, -0.2) is 9.80 Å². The SMILES string of the molecule is O=C1c2ccc(Oc3cccc([N+](=O)[O-])c3)cc2C(=O)N1c1cccc(N2C(=O)c3ccc(Oc4cccc([N+](=O)[O-])c4)cc3C2=O)c1. The number of fused-ring (bicyclic) bond motifs is 2. The van der Waals surface area contributed by atoms with Gasteiger partial charge in [0.25, 0.3) is 35.0 Å². The molecule has 0 fully saturated rings. The minimum absolute atomic E-state index is 0.0327. The van der Waals surface area contributed by atoms with Gasteiger partial charge in [0.2, 0.25) is 0 Å². The molecule has 0 N–H and O–H groups in total. The molecule has 14 heteroatoms. The second-order valence-corrected chi connectivity index (χ2v) is 10.5. The van der Waals surface area contributed by atoms with Gasteiger partial charge in [-0.05, 0) is 66.7 Å². The fourth-order valence-corrected chi connectivity index (χ4v) is 5.40. The molecule has 14 nitrogen and oxygen atoms in total. The van der Waals surface area contributed by atoms with E-state index in [9.17, 15) is 39.4 Å². The van der Waals surface area contributed by atoms with E-state index < -0.39 is 33.5 Å². The van der Waals surface area contributed by atoms with Crippen molar-refractivity contribution in [2.45, 2.75) is 0 Å². The number of ether oxygens (including phenoxy) is 2. The Labute approximate surface area is 269 Å². The van der Waals surface area contributed by atoms with E-state index in [-0.39, 0.29) is 68.0 Å². The van der Waals surface area contributed by atoms with Crippen molar-refractivity contribution in [2.75, 3.05) is 9.80 Å². The normalized spacial score (nSPS) is 13.4. The number of amides is 4. The van der Waals surface area contributed by atoms with Crippen LogP contribution in [0.2, 0.25) is 0 Å². The summed E-state index contributed by atoms with van der Waals surface area (Å²) in [4.78, 5) is 76.7. The highest BCUT2D eigenvalue weighted by molar-refractivity contribution is 6.36. The lowest BCUT2D eigenvalue weighted by atomic mass is 10.1. The van der Waals surface area contributed by atoms with Crippen LogP contribution in [0.15, 0.2) is 109 Å². The quantitative estimate of drug-likeness (QED) is 0.101. The van der Waals surface area contributed by atoms with Crippen molar-refractivity contribution in [3.05, 3.63) is 152 Å². The number of carbonyl (C=O) groups excluding carboxylic acids is 4. The molecule has 5 aromatic rings. The van der Waals surface area contributed by atoms with Crippen LogP contribution in [0.4, 0.5) is 22.7 Å². The van der Waals surface area contributed by atoms with Gasteiger partial charge in [0.15, 0.2) is 0 Å². The smallest absolute Gasteiger partial charge is 0.273 e. The standard InChI is InChI=1S/C34H18N4O10/c39-31-27-12-10-25(47-23-8-2-6-21(15-23)37(43)44)17-29(27)33(41)35(31)19-4-1-5-20(14-19)36-32(40)28-13-11-26(18-30(28)34(36)42)48-24-9-3-7-22(16-24)38(45)46/h1-18H. The summed E-state index contributed by atoms with van der Waals surface area (Å²) in [6.45, 7) is 0. The number of hydrogen-bond donors (Lipinski definition) is 0. The number of hydrogen-bond acceptors (Lipinski definition) is 10. The Bertz CT molecular complexity index is 2110. The van der Waals surface area contributed by atoms with Crippen molar-refractivity contribution in [3.63, 3.8) is 0 Å². The Hall–Kier alpha value is -7.22. The number of anilines is 2. The van der Waals surface area contributed by atoms with E-state index in [1.54, 1.807) is 0 Å². The Morgan fingerprint density at radius 3 is 1.23 bits per heavy atom. The summed E-state index contributed by atoms with van der Waals surface area (Å²) < 4.78 is 11.4. The van der Waals surface area contributed by atoms with Gasteiger partial charge in [-0.15, -0.1) is 0 Å². The van der Waals surface area contributed by atoms with Gasteiger partial charge in [0.05, 0.1) is 55.6 Å². The number of non-ortho nitro benzene ring substituents is 2. The third kappa shape index (κ3) is 5.04. The summed E-state index contributed by atoms with van der Waals surface area (Å²) in [6, 6.07) is 25.2. The van der Waals surface area contributed by atoms with Crippen LogP contribution in [-0.2, 0) is 0 Å². The number of nitrogens with zero attached hydrogens (tertiary/aromatic N) is 4. The molecule has 2 heterocycles. The second kappa shape index (κ2) is 11.3. The molecule has 7 rings (SSSR count). The number of benzene rings is 5. The predicted molar refractivity (Wildman–Crippen MR) is 168 cm³/mol. The van der Waals surface area contributed by atoms with Crippen LogP contribution < -0.4 is 19.3 Å². The summed E-state index contributed by atoms with van der Waals surface area (Å²) in [5.41, 5.74) is 0.0899. The fraction of sp³-hybridized carbons (Fsp3) is 0. The monoisotopic (exact) mass is 642 g/mol. The summed E-state index contributed by atoms with van der Waals surface area (Å²) >= 11 is 0. The molecule has 0 aromatic heterocycles. The predicted octanol–water partition coefficient (Wildman–Crippen LogP) is 6.69. The summed E-state index contributed by atoms with van der Waals surface area (Å²) in [6.07, 6.45) is 0. The van der Waals surface area contributed by atoms with Crippen molar-refractivity contribution in [3.8, 4) is 23.0 Å². The number of carbonyl (C=O) groups is 4. The Kier molecular flexibility index (Phi) is 6.94. The number of rotatable bonds is 8. The molecule has 2 aliphatic rings. The van der Waals surface area contributed by atoms with Crippen molar-refractivity contribution in [1.82, 2.24) is 0 Å². The summed E-state index contributed by atoms with van der Waals surface area (Å²) in [5, 5.41) is 22.2. The minimum atomic E-state index is -0.679. The second-order valence-electron chi connectivity index (χ2n) is 10.5. The van der Waals surface area contributed by atoms with E-state index in [2.05, 4.69) is 0 Å². The van der Waals surface area contributed by atoms with Crippen LogP contribution in [0, 0.1) is 20.2 Å². The Morgan fingerprint density at radius 1 is 0.438 bits per heavy atom. The lowest BCUT2D eigenvalue weighted by Gasteiger charge is -2.18. The van der Waals surface area contributed by atoms with Gasteiger partial charge in [-0.1, -0.05) is 18.2 Å². The molecule has 0 atom stereocenters.